The molecular formula is C8H16FNaO3S. The first-order valence-electron chi connectivity index (χ1n) is 4.53. The Morgan fingerprint density at radius 2 is 1.79 bits per heavy atom. The third-order valence-corrected chi connectivity index (χ3v) is 2.57. The Bertz CT molecular complexity index is 219. The fourth-order valence-electron chi connectivity index (χ4n) is 1.05. The molecule has 6 heteroatoms. The Balaban J connectivity index is 0. The van der Waals surface area contributed by atoms with E-state index < -0.39 is 22.0 Å². The maximum absolute atomic E-state index is 12.9. The van der Waals surface area contributed by atoms with E-state index in [1.54, 1.807) is 0 Å². The minimum absolute atomic E-state index is 0. The van der Waals surface area contributed by atoms with Crippen molar-refractivity contribution < 1.29 is 46.9 Å². The molecule has 1 unspecified atom stereocenters. The fraction of sp³-hybridized carbons (Fsp3) is 1.00. The van der Waals surface area contributed by atoms with Gasteiger partial charge in [0.25, 0.3) is 0 Å². The molecule has 0 aromatic carbocycles. The van der Waals surface area contributed by atoms with E-state index in [4.69, 9.17) is 0 Å². The Hall–Kier alpha value is 0.840. The monoisotopic (exact) mass is 234 g/mol. The molecule has 1 atom stereocenters. The topological polar surface area (TPSA) is 57.2 Å². The van der Waals surface area contributed by atoms with Crippen molar-refractivity contribution in [1.82, 2.24) is 0 Å². The van der Waals surface area contributed by atoms with E-state index in [-0.39, 0.29) is 42.4 Å². The molecule has 0 saturated heterocycles. The van der Waals surface area contributed by atoms with E-state index in [0.29, 0.717) is 6.42 Å². The van der Waals surface area contributed by atoms with E-state index in [1.807, 2.05) is 6.92 Å². The van der Waals surface area contributed by atoms with Crippen LogP contribution in [0.4, 0.5) is 4.39 Å². The van der Waals surface area contributed by atoms with E-state index in [1.165, 1.54) is 0 Å². The Kier molecular flexibility index (Phi) is 11.2. The van der Waals surface area contributed by atoms with Crippen LogP contribution in [0.15, 0.2) is 0 Å². The van der Waals surface area contributed by atoms with Gasteiger partial charge in [-0.15, -0.1) is 0 Å². The normalized spacial score (nSPS) is 13.4. The van der Waals surface area contributed by atoms with Crippen molar-refractivity contribution in [1.29, 1.82) is 0 Å². The van der Waals surface area contributed by atoms with Crippen LogP contribution in [0.3, 0.4) is 0 Å². The number of hydrogen-bond acceptors (Lipinski definition) is 3. The van der Waals surface area contributed by atoms with Gasteiger partial charge in [-0.05, 0) is 19.3 Å². The molecule has 0 bridgehead atoms. The molecule has 14 heavy (non-hydrogen) atoms. The van der Waals surface area contributed by atoms with Crippen LogP contribution in [-0.4, -0.2) is 24.9 Å². The predicted octanol–water partition coefficient (Wildman–Crippen LogP) is -1.16. The van der Waals surface area contributed by atoms with Gasteiger partial charge in [0.05, 0.1) is 10.1 Å². The van der Waals surface area contributed by atoms with Gasteiger partial charge in [0.15, 0.2) is 0 Å². The molecule has 0 radical (unpaired) electrons. The summed E-state index contributed by atoms with van der Waals surface area (Å²) in [6.07, 6.45) is 1.57. The van der Waals surface area contributed by atoms with Crippen LogP contribution in [0.2, 0.25) is 0 Å². The van der Waals surface area contributed by atoms with Gasteiger partial charge in [-0.1, -0.05) is 19.8 Å². The molecule has 0 spiro atoms. The molecule has 0 N–H and O–H groups in total. The van der Waals surface area contributed by atoms with Crippen LogP contribution in [0.25, 0.3) is 0 Å². The minimum atomic E-state index is -4.16. The molecule has 0 aliphatic rings. The number of rotatable bonds is 7. The van der Waals surface area contributed by atoms with Gasteiger partial charge >= 0.3 is 29.6 Å². The van der Waals surface area contributed by atoms with Crippen molar-refractivity contribution >= 4 is 10.1 Å². The molecule has 0 fully saturated rings. The van der Waals surface area contributed by atoms with Crippen LogP contribution >= 0.6 is 0 Å². The summed E-state index contributed by atoms with van der Waals surface area (Å²) in [5, 5.41) is 0. The first kappa shape index (κ1) is 17.2. The van der Waals surface area contributed by atoms with Crippen molar-refractivity contribution in [3.8, 4) is 0 Å². The maximum atomic E-state index is 12.9. The molecular weight excluding hydrogens is 218 g/mol. The Morgan fingerprint density at radius 3 is 2.21 bits per heavy atom. The molecule has 0 aromatic heterocycles. The van der Waals surface area contributed by atoms with Crippen molar-refractivity contribution in [3.63, 3.8) is 0 Å². The number of alkyl halides is 1. The zero-order valence-electron chi connectivity index (χ0n) is 8.83. The summed E-state index contributed by atoms with van der Waals surface area (Å²) in [7, 11) is -4.16. The largest absolute Gasteiger partial charge is 1.00 e. The molecule has 0 heterocycles. The molecule has 80 valence electrons. The van der Waals surface area contributed by atoms with Crippen molar-refractivity contribution in [2.75, 3.05) is 5.75 Å². The predicted molar refractivity (Wildman–Crippen MR) is 48.2 cm³/mol. The van der Waals surface area contributed by atoms with Gasteiger partial charge < -0.3 is 4.55 Å². The zero-order valence-corrected chi connectivity index (χ0v) is 11.6. The summed E-state index contributed by atoms with van der Waals surface area (Å²) >= 11 is 0. The Morgan fingerprint density at radius 1 is 1.29 bits per heavy atom. The van der Waals surface area contributed by atoms with Gasteiger partial charge in [0.2, 0.25) is 0 Å². The summed E-state index contributed by atoms with van der Waals surface area (Å²) in [6, 6.07) is 0. The molecule has 0 aliphatic carbocycles. The molecule has 0 aromatic rings. The fourth-order valence-corrected chi connectivity index (χ4v) is 1.57. The van der Waals surface area contributed by atoms with E-state index in [9.17, 15) is 17.4 Å². The van der Waals surface area contributed by atoms with Crippen LogP contribution in [0.5, 0.6) is 0 Å². The molecule has 0 rings (SSSR count). The Labute approximate surface area is 108 Å². The third kappa shape index (κ3) is 12.8. The second-order valence-corrected chi connectivity index (χ2v) is 4.67. The SMILES string of the molecule is CCCCC(F)CCCS(=O)(=O)[O-].[Na+]. The average Bonchev–Trinajstić information content (AvgIpc) is 1.98. The van der Waals surface area contributed by atoms with Gasteiger partial charge in [-0.25, -0.2) is 12.8 Å². The second kappa shape index (κ2) is 9.09. The third-order valence-electron chi connectivity index (χ3n) is 1.78. The number of halogens is 1. The average molecular weight is 234 g/mol. The summed E-state index contributed by atoms with van der Waals surface area (Å²) in [5.74, 6) is -0.445. The smallest absolute Gasteiger partial charge is 0.748 e. The summed E-state index contributed by atoms with van der Waals surface area (Å²) in [6.45, 7) is 1.97. The molecule has 3 nitrogen and oxygen atoms in total. The molecule has 0 amide bonds. The van der Waals surface area contributed by atoms with Gasteiger partial charge in [-0.3, -0.25) is 0 Å². The molecule has 0 aliphatic heterocycles. The summed E-state index contributed by atoms with van der Waals surface area (Å²) in [4.78, 5) is 0. The van der Waals surface area contributed by atoms with Crippen LogP contribution in [0.1, 0.15) is 39.0 Å². The summed E-state index contributed by atoms with van der Waals surface area (Å²) < 4.78 is 43.3. The standard InChI is InChI=1S/C8H17FO3S.Na/c1-2-3-5-8(9)6-4-7-13(10,11)12;/h8H,2-7H2,1H3,(H,10,11,12);/q;+1/p-1. The van der Waals surface area contributed by atoms with Gasteiger partial charge in [0.1, 0.15) is 6.17 Å². The number of hydrogen-bond donors (Lipinski definition) is 0. The summed E-state index contributed by atoms with van der Waals surface area (Å²) in [5.41, 5.74) is 0. The van der Waals surface area contributed by atoms with Crippen molar-refractivity contribution in [2.24, 2.45) is 0 Å². The van der Waals surface area contributed by atoms with Crippen LogP contribution in [-0.2, 0) is 10.1 Å². The molecule has 0 saturated carbocycles. The van der Waals surface area contributed by atoms with Crippen molar-refractivity contribution in [2.45, 2.75) is 45.2 Å². The first-order chi connectivity index (χ1) is 5.95. The maximum Gasteiger partial charge on any atom is 1.00 e. The minimum Gasteiger partial charge on any atom is -0.748 e. The van der Waals surface area contributed by atoms with Crippen LogP contribution in [0, 0.1) is 0 Å². The van der Waals surface area contributed by atoms with Gasteiger partial charge in [0, 0.05) is 5.75 Å². The first-order valence-corrected chi connectivity index (χ1v) is 6.11. The van der Waals surface area contributed by atoms with Crippen LogP contribution < -0.4 is 29.6 Å². The van der Waals surface area contributed by atoms with E-state index >= 15 is 0 Å². The van der Waals surface area contributed by atoms with Gasteiger partial charge in [-0.2, -0.15) is 0 Å². The quantitative estimate of drug-likeness (QED) is 0.412. The van der Waals surface area contributed by atoms with Crippen molar-refractivity contribution in [3.05, 3.63) is 0 Å². The zero-order chi connectivity index (χ0) is 10.3. The van der Waals surface area contributed by atoms with E-state index in [0.717, 1.165) is 12.8 Å². The van der Waals surface area contributed by atoms with E-state index in [2.05, 4.69) is 0 Å². The second-order valence-electron chi connectivity index (χ2n) is 3.14. The number of unbranched alkanes of at least 4 members (excludes halogenated alkanes) is 1.